The van der Waals surface area contributed by atoms with Crippen molar-refractivity contribution in [1.82, 2.24) is 0 Å². The zero-order chi connectivity index (χ0) is 23.4. The molecule has 7 nitrogen and oxygen atoms in total. The average Bonchev–Trinajstić information content (AvgIpc) is 2.65. The second kappa shape index (κ2) is 9.38. The minimum absolute atomic E-state index is 0.358. The lowest BCUT2D eigenvalue weighted by Crippen LogP contribution is -2.44. The van der Waals surface area contributed by atoms with Gasteiger partial charge in [0, 0.05) is 16.3 Å². The van der Waals surface area contributed by atoms with Crippen molar-refractivity contribution < 1.29 is 41.2 Å². The van der Waals surface area contributed by atoms with Crippen molar-refractivity contribution in [2.45, 2.75) is 23.6 Å². The number of anilines is 1. The molecule has 166 valence electrons. The lowest BCUT2D eigenvalue weighted by atomic mass is 10.1. The molecule has 0 heterocycles. The first kappa shape index (κ1) is 24.8. The molecule has 13 heteroatoms. The molecule has 0 aliphatic carbocycles. The molecule has 0 saturated carbocycles. The van der Waals surface area contributed by atoms with Crippen molar-refractivity contribution in [2.75, 3.05) is 11.1 Å². The van der Waals surface area contributed by atoms with Crippen LogP contribution < -0.4 is 5.32 Å². The zero-order valence-electron chi connectivity index (χ0n) is 15.7. The maximum Gasteiger partial charge on any atom is 0.470 e. The van der Waals surface area contributed by atoms with Crippen LogP contribution in [0, 0.1) is 17.1 Å². The van der Waals surface area contributed by atoms with Gasteiger partial charge in [-0.1, -0.05) is 0 Å². The quantitative estimate of drug-likeness (QED) is 0.308. The summed E-state index contributed by atoms with van der Waals surface area (Å²) in [5.74, 6) is -2.02. The van der Waals surface area contributed by atoms with Gasteiger partial charge in [0.1, 0.15) is 5.82 Å². The Morgan fingerprint density at radius 1 is 1.23 bits per heavy atom. The van der Waals surface area contributed by atoms with E-state index in [9.17, 15) is 36.7 Å². The van der Waals surface area contributed by atoms with Gasteiger partial charge in [-0.2, -0.15) is 18.4 Å². The number of phosphoric acid groups is 1. The van der Waals surface area contributed by atoms with Crippen LogP contribution in [-0.2, 0) is 20.1 Å². The summed E-state index contributed by atoms with van der Waals surface area (Å²) in [6.45, 7) is 1.05. The van der Waals surface area contributed by atoms with Gasteiger partial charge in [-0.15, -0.1) is 11.8 Å². The van der Waals surface area contributed by atoms with Crippen LogP contribution in [-0.4, -0.2) is 27.0 Å². The van der Waals surface area contributed by atoms with E-state index in [1.54, 1.807) is 0 Å². The largest absolute Gasteiger partial charge is 0.470 e. The van der Waals surface area contributed by atoms with Crippen molar-refractivity contribution in [3.8, 4) is 6.07 Å². The van der Waals surface area contributed by atoms with Gasteiger partial charge in [-0.25, -0.2) is 8.96 Å². The molecule has 1 amide bonds. The standard InChI is InChI=1S/C18H15F4N2O5PS/c1-17(29-30(26,27)28,10-31-14-6-3-12(19)4-7-14)16(25)24-13-5-2-11(9-23)15(8-13)18(20,21)22/h2-8H,10H2,1H3,(H,24,25)(H2,26,27,28). The molecule has 2 aromatic carbocycles. The van der Waals surface area contributed by atoms with E-state index >= 15 is 0 Å². The summed E-state index contributed by atoms with van der Waals surface area (Å²) in [4.78, 5) is 31.5. The van der Waals surface area contributed by atoms with Gasteiger partial charge in [0.15, 0.2) is 5.60 Å². The van der Waals surface area contributed by atoms with Gasteiger partial charge in [-0.3, -0.25) is 9.32 Å². The van der Waals surface area contributed by atoms with E-state index in [1.165, 1.54) is 18.2 Å². The number of carbonyl (C=O) groups excluding carboxylic acids is 1. The third-order valence-corrected chi connectivity index (χ3v) is 5.77. The number of hydrogen-bond acceptors (Lipinski definition) is 5. The number of carbonyl (C=O) groups is 1. The van der Waals surface area contributed by atoms with Gasteiger partial charge in [0.2, 0.25) is 0 Å². The first-order valence-electron chi connectivity index (χ1n) is 8.31. The minimum atomic E-state index is -5.18. The maximum atomic E-state index is 13.1. The number of thioether (sulfide) groups is 1. The predicted octanol–water partition coefficient (Wildman–Crippen LogP) is 4.31. The van der Waals surface area contributed by atoms with E-state index in [4.69, 9.17) is 5.26 Å². The predicted molar refractivity (Wildman–Crippen MR) is 103 cm³/mol. The summed E-state index contributed by atoms with van der Waals surface area (Å²) in [5.41, 5.74) is -4.48. The fourth-order valence-electron chi connectivity index (χ4n) is 2.37. The highest BCUT2D eigenvalue weighted by Gasteiger charge is 2.41. The molecular formula is C18H15F4N2O5PS. The Morgan fingerprint density at radius 2 is 1.84 bits per heavy atom. The Kier molecular flexibility index (Phi) is 7.52. The Bertz CT molecular complexity index is 1050. The number of nitrogens with zero attached hydrogens (tertiary/aromatic N) is 1. The number of nitriles is 1. The van der Waals surface area contributed by atoms with Crippen molar-refractivity contribution in [1.29, 1.82) is 5.26 Å². The number of alkyl halides is 3. The minimum Gasteiger partial charge on any atom is -0.324 e. The number of phosphoric ester groups is 1. The van der Waals surface area contributed by atoms with E-state index in [0.717, 1.165) is 43.0 Å². The second-order valence-electron chi connectivity index (χ2n) is 6.38. The monoisotopic (exact) mass is 478 g/mol. The smallest absolute Gasteiger partial charge is 0.324 e. The highest BCUT2D eigenvalue weighted by atomic mass is 32.2. The molecule has 3 N–H and O–H groups in total. The molecule has 31 heavy (non-hydrogen) atoms. The van der Waals surface area contributed by atoms with E-state index in [0.29, 0.717) is 11.0 Å². The highest BCUT2D eigenvalue weighted by Crippen LogP contribution is 2.43. The van der Waals surface area contributed by atoms with E-state index in [-0.39, 0.29) is 11.4 Å². The maximum absolute atomic E-state index is 13.1. The summed E-state index contributed by atoms with van der Waals surface area (Å²) < 4.78 is 68.4. The van der Waals surface area contributed by atoms with Crippen molar-refractivity contribution in [2.24, 2.45) is 0 Å². The molecule has 0 aliphatic heterocycles. The molecule has 0 fully saturated rings. The fourth-order valence-corrected chi connectivity index (χ4v) is 4.09. The highest BCUT2D eigenvalue weighted by molar-refractivity contribution is 7.99. The molecule has 2 rings (SSSR count). The van der Waals surface area contributed by atoms with Crippen LogP contribution in [0.1, 0.15) is 18.1 Å². The molecule has 0 spiro atoms. The summed E-state index contributed by atoms with van der Waals surface area (Å²) >= 11 is 0.910. The van der Waals surface area contributed by atoms with E-state index < -0.39 is 42.5 Å². The van der Waals surface area contributed by atoms with Crippen LogP contribution in [0.25, 0.3) is 0 Å². The van der Waals surface area contributed by atoms with Crippen LogP contribution in [0.3, 0.4) is 0 Å². The van der Waals surface area contributed by atoms with Gasteiger partial charge in [0.25, 0.3) is 5.91 Å². The van der Waals surface area contributed by atoms with Gasteiger partial charge in [0.05, 0.1) is 17.2 Å². The van der Waals surface area contributed by atoms with E-state index in [2.05, 4.69) is 9.84 Å². The number of hydrogen-bond donors (Lipinski definition) is 3. The van der Waals surface area contributed by atoms with Gasteiger partial charge in [-0.05, 0) is 49.4 Å². The Balaban J connectivity index is 2.30. The first-order chi connectivity index (χ1) is 14.2. The topological polar surface area (TPSA) is 120 Å². The van der Waals surface area contributed by atoms with Gasteiger partial charge < -0.3 is 15.1 Å². The average molecular weight is 478 g/mol. The fraction of sp³-hybridized carbons (Fsp3) is 0.222. The van der Waals surface area contributed by atoms with Crippen LogP contribution in [0.2, 0.25) is 0 Å². The number of amides is 1. The lowest BCUT2D eigenvalue weighted by Gasteiger charge is -2.28. The normalized spacial score (nSPS) is 13.9. The van der Waals surface area contributed by atoms with Crippen LogP contribution in [0.5, 0.6) is 0 Å². The Hall–Kier alpha value is -2.42. The molecule has 1 atom stereocenters. The molecule has 0 aromatic heterocycles. The first-order valence-corrected chi connectivity index (χ1v) is 10.8. The summed E-state index contributed by atoms with van der Waals surface area (Å²) in [6, 6.07) is 8.83. The van der Waals surface area contributed by atoms with Crippen molar-refractivity contribution in [3.63, 3.8) is 0 Å². The molecule has 1 unspecified atom stereocenters. The third-order valence-electron chi connectivity index (χ3n) is 3.83. The van der Waals surface area contributed by atoms with Crippen LogP contribution >= 0.6 is 19.6 Å². The molecular weight excluding hydrogens is 463 g/mol. The number of halogens is 4. The summed E-state index contributed by atoms with van der Waals surface area (Å²) in [7, 11) is -5.18. The zero-order valence-corrected chi connectivity index (χ0v) is 17.4. The number of rotatable bonds is 7. The van der Waals surface area contributed by atoms with E-state index in [1.807, 2.05) is 0 Å². The molecule has 2 aromatic rings. The Morgan fingerprint density at radius 3 is 2.35 bits per heavy atom. The number of benzene rings is 2. The third kappa shape index (κ3) is 7.05. The van der Waals surface area contributed by atoms with Crippen molar-refractivity contribution in [3.05, 3.63) is 59.4 Å². The SMILES string of the molecule is CC(CSc1ccc(F)cc1)(OP(=O)(O)O)C(=O)Nc1ccc(C#N)c(C(F)(F)F)c1. The summed E-state index contributed by atoms with van der Waals surface area (Å²) in [5, 5.41) is 11.0. The van der Waals surface area contributed by atoms with Crippen molar-refractivity contribution >= 4 is 31.2 Å². The number of nitrogens with one attached hydrogen (secondary N) is 1. The van der Waals surface area contributed by atoms with Gasteiger partial charge >= 0.3 is 14.0 Å². The Labute approximate surface area is 178 Å². The molecule has 0 aliphatic rings. The second-order valence-corrected chi connectivity index (χ2v) is 8.59. The molecule has 0 saturated heterocycles. The summed E-state index contributed by atoms with van der Waals surface area (Å²) in [6.07, 6.45) is -4.87. The van der Waals surface area contributed by atoms with Crippen LogP contribution in [0.15, 0.2) is 47.4 Å². The molecule has 0 radical (unpaired) electrons. The molecule has 0 bridgehead atoms. The van der Waals surface area contributed by atoms with Crippen LogP contribution in [0.4, 0.5) is 23.2 Å². The lowest BCUT2D eigenvalue weighted by molar-refractivity contribution is -0.137.